The van der Waals surface area contributed by atoms with E-state index in [1.165, 1.54) is 7.11 Å². The fraction of sp³-hybridized carbons (Fsp3) is 0.120. The van der Waals surface area contributed by atoms with Gasteiger partial charge in [-0.05, 0) is 17.2 Å². The molecule has 3 aromatic carbocycles. The minimum Gasteiger partial charge on any atom is -0.467 e. The van der Waals surface area contributed by atoms with E-state index in [0.717, 1.165) is 16.5 Å². The fourth-order valence-electron chi connectivity index (χ4n) is 3.71. The third kappa shape index (κ3) is 3.88. The van der Waals surface area contributed by atoms with Crippen molar-refractivity contribution in [2.75, 3.05) is 7.11 Å². The number of methoxy groups -OCH3 is 1. The van der Waals surface area contributed by atoms with Crippen LogP contribution in [0.3, 0.4) is 0 Å². The molecule has 2 N–H and O–H groups in total. The average molecular weight is 414 g/mol. The summed E-state index contributed by atoms with van der Waals surface area (Å²) in [6.45, 7) is 0.0760. The summed E-state index contributed by atoms with van der Waals surface area (Å²) in [4.78, 5) is 29.4. The first-order valence-corrected chi connectivity index (χ1v) is 9.84. The van der Waals surface area contributed by atoms with Crippen molar-refractivity contribution in [1.82, 2.24) is 10.3 Å². The fourth-order valence-corrected chi connectivity index (χ4v) is 3.71. The lowest BCUT2D eigenvalue weighted by Crippen LogP contribution is -2.53. The van der Waals surface area contributed by atoms with Gasteiger partial charge in [0.1, 0.15) is 6.61 Å². The van der Waals surface area contributed by atoms with E-state index >= 15 is 0 Å². The smallest absolute Gasteiger partial charge is 0.408 e. The summed E-state index contributed by atoms with van der Waals surface area (Å²) < 4.78 is 10.6. The van der Waals surface area contributed by atoms with Crippen LogP contribution in [0, 0.1) is 0 Å². The minimum absolute atomic E-state index is 0.0760. The van der Waals surface area contributed by atoms with Crippen molar-refractivity contribution in [2.45, 2.75) is 12.1 Å². The van der Waals surface area contributed by atoms with Gasteiger partial charge in [0.05, 0.1) is 7.11 Å². The maximum Gasteiger partial charge on any atom is 0.408 e. The van der Waals surface area contributed by atoms with Crippen LogP contribution in [0.4, 0.5) is 4.79 Å². The number of aromatic nitrogens is 1. The molecule has 31 heavy (non-hydrogen) atoms. The maximum absolute atomic E-state index is 13.3. The minimum atomic E-state index is -1.59. The number of esters is 1. The van der Waals surface area contributed by atoms with Crippen LogP contribution in [-0.4, -0.2) is 24.2 Å². The lowest BCUT2D eigenvalue weighted by Gasteiger charge is -2.32. The highest BCUT2D eigenvalue weighted by atomic mass is 16.6. The number of para-hydroxylation sites is 1. The molecule has 0 saturated heterocycles. The van der Waals surface area contributed by atoms with Crippen LogP contribution >= 0.6 is 0 Å². The van der Waals surface area contributed by atoms with Crippen LogP contribution in [0.2, 0.25) is 0 Å². The monoisotopic (exact) mass is 414 g/mol. The molecule has 1 heterocycles. The first-order chi connectivity index (χ1) is 15.1. The lowest BCUT2D eigenvalue weighted by atomic mass is 9.82. The standard InChI is InChI=1S/C25H22N2O4/c1-30-23(28)25(19-12-6-3-7-13-19,21-16-26-22-15-9-8-14-20(21)22)27-24(29)31-17-18-10-4-2-5-11-18/h2-16,26H,17H2,1H3,(H,27,29)/t25-/m1/s1. The van der Waals surface area contributed by atoms with Crippen molar-refractivity contribution in [1.29, 1.82) is 0 Å². The number of fused-ring (bicyclic) bond motifs is 1. The van der Waals surface area contributed by atoms with E-state index in [1.807, 2.05) is 60.7 Å². The highest BCUT2D eigenvalue weighted by molar-refractivity contribution is 5.97. The summed E-state index contributed by atoms with van der Waals surface area (Å²) in [6, 6.07) is 25.9. The van der Waals surface area contributed by atoms with Crippen LogP contribution in [-0.2, 0) is 26.4 Å². The van der Waals surface area contributed by atoms with Gasteiger partial charge >= 0.3 is 12.1 Å². The van der Waals surface area contributed by atoms with Gasteiger partial charge in [0.15, 0.2) is 5.54 Å². The Hall–Kier alpha value is -4.06. The molecule has 0 aliphatic carbocycles. The van der Waals surface area contributed by atoms with E-state index < -0.39 is 17.6 Å². The first-order valence-electron chi connectivity index (χ1n) is 9.84. The summed E-state index contributed by atoms with van der Waals surface area (Å²) in [5.74, 6) is -0.625. The average Bonchev–Trinajstić information content (AvgIpc) is 3.26. The van der Waals surface area contributed by atoms with Crippen LogP contribution in [0.1, 0.15) is 16.7 Å². The van der Waals surface area contributed by atoms with Gasteiger partial charge in [-0.15, -0.1) is 0 Å². The van der Waals surface area contributed by atoms with E-state index in [4.69, 9.17) is 9.47 Å². The van der Waals surface area contributed by atoms with Gasteiger partial charge in [0.2, 0.25) is 0 Å². The van der Waals surface area contributed by atoms with Crippen molar-refractivity contribution in [3.05, 3.63) is 108 Å². The number of carbonyl (C=O) groups is 2. The summed E-state index contributed by atoms with van der Waals surface area (Å²) in [6.07, 6.45) is 0.981. The molecular formula is C25H22N2O4. The van der Waals surface area contributed by atoms with Crippen LogP contribution in [0.25, 0.3) is 10.9 Å². The lowest BCUT2D eigenvalue weighted by molar-refractivity contribution is -0.147. The number of hydrogen-bond donors (Lipinski definition) is 2. The van der Waals surface area contributed by atoms with E-state index in [0.29, 0.717) is 11.1 Å². The molecule has 0 aliphatic rings. The normalized spacial score (nSPS) is 12.7. The molecule has 6 nitrogen and oxygen atoms in total. The van der Waals surface area contributed by atoms with E-state index in [2.05, 4.69) is 10.3 Å². The Bertz CT molecular complexity index is 1190. The van der Waals surface area contributed by atoms with Gasteiger partial charge in [0.25, 0.3) is 0 Å². The highest BCUT2D eigenvalue weighted by Gasteiger charge is 2.47. The van der Waals surface area contributed by atoms with Crippen LogP contribution in [0.15, 0.2) is 91.1 Å². The molecule has 6 heteroatoms. The van der Waals surface area contributed by atoms with Gasteiger partial charge < -0.3 is 14.5 Å². The zero-order valence-electron chi connectivity index (χ0n) is 17.0. The number of nitrogens with one attached hydrogen (secondary N) is 2. The number of rotatable bonds is 6. The molecule has 1 aromatic heterocycles. The number of aromatic amines is 1. The Morgan fingerprint density at radius 2 is 1.55 bits per heavy atom. The van der Waals surface area contributed by atoms with Crippen molar-refractivity contribution in [3.8, 4) is 0 Å². The van der Waals surface area contributed by atoms with E-state index in [9.17, 15) is 9.59 Å². The molecule has 1 amide bonds. The second-order valence-corrected chi connectivity index (χ2v) is 7.04. The Morgan fingerprint density at radius 3 is 2.26 bits per heavy atom. The number of alkyl carbamates (subject to hydrolysis) is 1. The summed E-state index contributed by atoms with van der Waals surface area (Å²) in [7, 11) is 1.30. The quantitative estimate of drug-likeness (QED) is 0.455. The van der Waals surface area contributed by atoms with Gasteiger partial charge in [0, 0.05) is 22.7 Å². The van der Waals surface area contributed by atoms with Gasteiger partial charge in [-0.25, -0.2) is 9.59 Å². The third-order valence-corrected chi connectivity index (χ3v) is 5.19. The van der Waals surface area contributed by atoms with Crippen LogP contribution < -0.4 is 5.32 Å². The maximum atomic E-state index is 13.3. The highest BCUT2D eigenvalue weighted by Crippen LogP contribution is 2.36. The molecular weight excluding hydrogens is 392 g/mol. The molecule has 0 fully saturated rings. The van der Waals surface area contributed by atoms with E-state index in [1.54, 1.807) is 30.5 Å². The molecule has 0 bridgehead atoms. The molecule has 0 aliphatic heterocycles. The number of carbonyl (C=O) groups excluding carboxylic acids is 2. The number of H-pyrrole nitrogens is 1. The van der Waals surface area contributed by atoms with Crippen molar-refractivity contribution < 1.29 is 19.1 Å². The number of hydrogen-bond acceptors (Lipinski definition) is 4. The summed E-state index contributed by atoms with van der Waals surface area (Å²) in [5, 5.41) is 3.60. The predicted molar refractivity (Wildman–Crippen MR) is 117 cm³/mol. The van der Waals surface area contributed by atoms with Gasteiger partial charge in [-0.1, -0.05) is 78.9 Å². The van der Waals surface area contributed by atoms with Crippen molar-refractivity contribution >= 4 is 23.0 Å². The zero-order valence-corrected chi connectivity index (χ0v) is 17.0. The molecule has 0 radical (unpaired) electrons. The largest absolute Gasteiger partial charge is 0.467 e. The molecule has 4 rings (SSSR count). The second kappa shape index (κ2) is 8.75. The topological polar surface area (TPSA) is 80.4 Å². The SMILES string of the molecule is COC(=O)[C@@](NC(=O)OCc1ccccc1)(c1ccccc1)c1c[nH]c2ccccc12. The summed E-state index contributed by atoms with van der Waals surface area (Å²) >= 11 is 0. The zero-order chi connectivity index (χ0) is 21.7. The van der Waals surface area contributed by atoms with Crippen molar-refractivity contribution in [3.63, 3.8) is 0 Å². The predicted octanol–water partition coefficient (Wildman–Crippen LogP) is 4.51. The molecule has 4 aromatic rings. The molecule has 1 atom stereocenters. The Balaban J connectivity index is 1.78. The molecule has 0 saturated carbocycles. The molecule has 0 unspecified atom stereocenters. The molecule has 156 valence electrons. The Morgan fingerprint density at radius 1 is 0.903 bits per heavy atom. The summed E-state index contributed by atoms with van der Waals surface area (Å²) in [5.41, 5.74) is 1.21. The number of benzene rings is 3. The number of ether oxygens (including phenoxy) is 2. The first kappa shape index (κ1) is 20.2. The van der Waals surface area contributed by atoms with Gasteiger partial charge in [-0.2, -0.15) is 0 Å². The van der Waals surface area contributed by atoms with Crippen LogP contribution in [0.5, 0.6) is 0 Å². The molecule has 0 spiro atoms. The number of amides is 1. The van der Waals surface area contributed by atoms with Gasteiger partial charge in [-0.3, -0.25) is 5.32 Å². The Labute approximate surface area is 179 Å². The van der Waals surface area contributed by atoms with E-state index in [-0.39, 0.29) is 6.61 Å². The Kier molecular flexibility index (Phi) is 5.71. The van der Waals surface area contributed by atoms with Crippen molar-refractivity contribution in [2.24, 2.45) is 0 Å². The third-order valence-electron chi connectivity index (χ3n) is 5.19. The second-order valence-electron chi connectivity index (χ2n) is 7.04.